The van der Waals surface area contributed by atoms with Gasteiger partial charge in [0.15, 0.2) is 5.69 Å². The van der Waals surface area contributed by atoms with Crippen LogP contribution in [0.25, 0.3) is 0 Å². The standard InChI is InChI=1S/C9H9BrN2O2/c1-6(10)5-12-7-3-2-4-11-8(7)9(13)14/h2-4,12H,1,5H2,(H,13,14). The predicted molar refractivity (Wildman–Crippen MR) is 57.8 cm³/mol. The zero-order valence-corrected chi connectivity index (χ0v) is 8.91. The monoisotopic (exact) mass is 256 g/mol. The van der Waals surface area contributed by atoms with E-state index in [-0.39, 0.29) is 5.69 Å². The van der Waals surface area contributed by atoms with Crippen molar-refractivity contribution in [2.24, 2.45) is 0 Å². The first-order valence-electron chi connectivity index (χ1n) is 3.86. The number of nitrogens with zero attached hydrogens (tertiary/aromatic N) is 1. The van der Waals surface area contributed by atoms with Crippen molar-refractivity contribution in [1.82, 2.24) is 4.98 Å². The number of carboxylic acid groups (broad SMARTS) is 1. The maximum atomic E-state index is 10.7. The molecule has 0 fully saturated rings. The van der Waals surface area contributed by atoms with Crippen LogP contribution < -0.4 is 5.32 Å². The fourth-order valence-electron chi connectivity index (χ4n) is 0.910. The molecule has 14 heavy (non-hydrogen) atoms. The fraction of sp³-hybridized carbons (Fsp3) is 0.111. The zero-order valence-electron chi connectivity index (χ0n) is 7.33. The molecule has 4 nitrogen and oxygen atoms in total. The number of rotatable bonds is 4. The second-order valence-corrected chi connectivity index (χ2v) is 3.70. The van der Waals surface area contributed by atoms with Crippen molar-refractivity contribution in [3.8, 4) is 0 Å². The average molecular weight is 257 g/mol. The third-order valence-corrected chi connectivity index (χ3v) is 1.76. The molecule has 0 saturated carbocycles. The predicted octanol–water partition coefficient (Wildman–Crippen LogP) is 2.10. The maximum Gasteiger partial charge on any atom is 0.356 e. The van der Waals surface area contributed by atoms with Crippen LogP contribution in [0.1, 0.15) is 10.5 Å². The van der Waals surface area contributed by atoms with E-state index in [9.17, 15) is 4.79 Å². The summed E-state index contributed by atoms with van der Waals surface area (Å²) in [7, 11) is 0. The molecule has 0 aliphatic rings. The van der Waals surface area contributed by atoms with Crippen LogP contribution >= 0.6 is 15.9 Å². The molecule has 0 radical (unpaired) electrons. The van der Waals surface area contributed by atoms with E-state index in [1.807, 2.05) is 0 Å². The highest BCUT2D eigenvalue weighted by atomic mass is 79.9. The van der Waals surface area contributed by atoms with E-state index in [1.165, 1.54) is 6.20 Å². The summed E-state index contributed by atoms with van der Waals surface area (Å²) in [5.74, 6) is -1.05. The van der Waals surface area contributed by atoms with Crippen molar-refractivity contribution in [3.05, 3.63) is 35.1 Å². The lowest BCUT2D eigenvalue weighted by atomic mass is 10.3. The largest absolute Gasteiger partial charge is 0.476 e. The second kappa shape index (κ2) is 4.76. The number of carboxylic acids is 1. The first kappa shape index (κ1) is 10.7. The number of aromatic carboxylic acids is 1. The lowest BCUT2D eigenvalue weighted by Gasteiger charge is -2.06. The Morgan fingerprint density at radius 2 is 2.43 bits per heavy atom. The first-order valence-corrected chi connectivity index (χ1v) is 4.66. The van der Waals surface area contributed by atoms with Gasteiger partial charge in [-0.3, -0.25) is 0 Å². The van der Waals surface area contributed by atoms with E-state index in [0.29, 0.717) is 12.2 Å². The van der Waals surface area contributed by atoms with Gasteiger partial charge in [0.25, 0.3) is 0 Å². The summed E-state index contributed by atoms with van der Waals surface area (Å²) in [6.07, 6.45) is 1.44. The Balaban J connectivity index is 2.84. The highest BCUT2D eigenvalue weighted by Gasteiger charge is 2.09. The Morgan fingerprint density at radius 3 is 3.00 bits per heavy atom. The molecule has 1 rings (SSSR count). The highest BCUT2D eigenvalue weighted by Crippen LogP contribution is 2.13. The van der Waals surface area contributed by atoms with Crippen molar-refractivity contribution in [3.63, 3.8) is 0 Å². The van der Waals surface area contributed by atoms with Gasteiger partial charge in [-0.05, 0) is 12.1 Å². The van der Waals surface area contributed by atoms with E-state index in [0.717, 1.165) is 4.48 Å². The van der Waals surface area contributed by atoms with E-state index in [1.54, 1.807) is 12.1 Å². The SMILES string of the molecule is C=C(Br)CNc1cccnc1C(=O)O. The Labute approximate surface area is 89.8 Å². The summed E-state index contributed by atoms with van der Waals surface area (Å²) in [5, 5.41) is 11.7. The van der Waals surface area contributed by atoms with Gasteiger partial charge >= 0.3 is 5.97 Å². The number of hydrogen-bond acceptors (Lipinski definition) is 3. The molecule has 1 aromatic rings. The van der Waals surface area contributed by atoms with Crippen molar-refractivity contribution in [2.75, 3.05) is 11.9 Å². The Morgan fingerprint density at radius 1 is 1.71 bits per heavy atom. The lowest BCUT2D eigenvalue weighted by Crippen LogP contribution is -2.08. The number of pyridine rings is 1. The third kappa shape index (κ3) is 2.85. The molecule has 0 bridgehead atoms. The Hall–Kier alpha value is -1.36. The van der Waals surface area contributed by atoms with Crippen LogP contribution in [0, 0.1) is 0 Å². The topological polar surface area (TPSA) is 62.2 Å². The molecule has 0 saturated heterocycles. The Bertz CT molecular complexity index is 366. The normalized spacial score (nSPS) is 9.50. The minimum Gasteiger partial charge on any atom is -0.476 e. The van der Waals surface area contributed by atoms with Gasteiger partial charge in [-0.2, -0.15) is 0 Å². The number of nitrogens with one attached hydrogen (secondary N) is 1. The van der Waals surface area contributed by atoms with E-state index in [4.69, 9.17) is 5.11 Å². The van der Waals surface area contributed by atoms with Crippen molar-refractivity contribution >= 4 is 27.6 Å². The molecule has 0 aliphatic carbocycles. The minimum atomic E-state index is -1.05. The summed E-state index contributed by atoms with van der Waals surface area (Å²) in [6.45, 7) is 4.10. The van der Waals surface area contributed by atoms with Gasteiger partial charge in [0.2, 0.25) is 0 Å². The molecule has 1 aromatic heterocycles. The molecule has 0 amide bonds. The van der Waals surface area contributed by atoms with Gasteiger partial charge in [0, 0.05) is 17.2 Å². The van der Waals surface area contributed by atoms with Crippen molar-refractivity contribution in [1.29, 1.82) is 0 Å². The molecular weight excluding hydrogens is 248 g/mol. The molecular formula is C9H9BrN2O2. The molecule has 1 heterocycles. The smallest absolute Gasteiger partial charge is 0.356 e. The molecule has 2 N–H and O–H groups in total. The van der Waals surface area contributed by atoms with Gasteiger partial charge in [-0.25, -0.2) is 9.78 Å². The lowest BCUT2D eigenvalue weighted by molar-refractivity contribution is 0.0691. The quantitative estimate of drug-likeness (QED) is 0.867. The van der Waals surface area contributed by atoms with Crippen LogP contribution in [0.15, 0.2) is 29.4 Å². The number of aromatic nitrogens is 1. The molecule has 0 aromatic carbocycles. The maximum absolute atomic E-state index is 10.7. The number of carbonyl (C=O) groups is 1. The fourth-order valence-corrected chi connectivity index (χ4v) is 1.05. The van der Waals surface area contributed by atoms with E-state index in [2.05, 4.69) is 32.8 Å². The van der Waals surface area contributed by atoms with Crippen molar-refractivity contribution < 1.29 is 9.90 Å². The number of anilines is 1. The Kier molecular flexibility index (Phi) is 3.64. The summed E-state index contributed by atoms with van der Waals surface area (Å²) in [4.78, 5) is 14.5. The molecule has 0 unspecified atom stereocenters. The van der Waals surface area contributed by atoms with Gasteiger partial charge in [0.1, 0.15) is 0 Å². The third-order valence-electron chi connectivity index (χ3n) is 1.48. The molecule has 5 heteroatoms. The van der Waals surface area contributed by atoms with Gasteiger partial charge in [-0.15, -0.1) is 0 Å². The summed E-state index contributed by atoms with van der Waals surface area (Å²) >= 11 is 3.17. The van der Waals surface area contributed by atoms with Crippen LogP contribution in [-0.4, -0.2) is 22.6 Å². The number of halogens is 1. The number of hydrogen-bond donors (Lipinski definition) is 2. The van der Waals surface area contributed by atoms with Crippen molar-refractivity contribution in [2.45, 2.75) is 0 Å². The van der Waals surface area contributed by atoms with Crippen LogP contribution in [0.3, 0.4) is 0 Å². The summed E-state index contributed by atoms with van der Waals surface area (Å²) < 4.78 is 0.748. The minimum absolute atomic E-state index is 0.0150. The van der Waals surface area contributed by atoms with Crippen LogP contribution in [-0.2, 0) is 0 Å². The van der Waals surface area contributed by atoms with Gasteiger partial charge < -0.3 is 10.4 Å². The van der Waals surface area contributed by atoms with Crippen LogP contribution in [0.5, 0.6) is 0 Å². The summed E-state index contributed by atoms with van der Waals surface area (Å²) in [6, 6.07) is 3.33. The van der Waals surface area contributed by atoms with Crippen LogP contribution in [0.2, 0.25) is 0 Å². The zero-order chi connectivity index (χ0) is 10.6. The molecule has 0 spiro atoms. The molecule has 74 valence electrons. The van der Waals surface area contributed by atoms with Gasteiger partial charge in [-0.1, -0.05) is 22.5 Å². The molecule has 0 aliphatic heterocycles. The van der Waals surface area contributed by atoms with Gasteiger partial charge in [0.05, 0.1) is 5.69 Å². The first-order chi connectivity index (χ1) is 6.61. The van der Waals surface area contributed by atoms with Crippen LogP contribution in [0.4, 0.5) is 5.69 Å². The summed E-state index contributed by atoms with van der Waals surface area (Å²) in [5.41, 5.74) is 0.502. The van der Waals surface area contributed by atoms with E-state index < -0.39 is 5.97 Å². The second-order valence-electron chi connectivity index (χ2n) is 2.58. The van der Waals surface area contributed by atoms with E-state index >= 15 is 0 Å². The molecule has 0 atom stereocenters. The highest BCUT2D eigenvalue weighted by molar-refractivity contribution is 9.11. The average Bonchev–Trinajstić information content (AvgIpc) is 2.15.